The van der Waals surface area contributed by atoms with Gasteiger partial charge in [-0.2, -0.15) is 5.21 Å². The summed E-state index contributed by atoms with van der Waals surface area (Å²) in [4.78, 5) is 18.2. The maximum absolute atomic E-state index is 13.5. The lowest BCUT2D eigenvalue weighted by atomic mass is 9.77. The Labute approximate surface area is 205 Å². The number of pyridine rings is 1. The van der Waals surface area contributed by atoms with Crippen LogP contribution in [0.25, 0.3) is 22.5 Å². The molecule has 0 radical (unpaired) electrons. The zero-order valence-electron chi connectivity index (χ0n) is 20.5. The van der Waals surface area contributed by atoms with Crippen molar-refractivity contribution in [1.29, 1.82) is 0 Å². The summed E-state index contributed by atoms with van der Waals surface area (Å²) in [7, 11) is 0. The van der Waals surface area contributed by atoms with E-state index in [2.05, 4.69) is 46.7 Å². The van der Waals surface area contributed by atoms with Crippen molar-refractivity contribution in [3.05, 3.63) is 70.7 Å². The van der Waals surface area contributed by atoms with Gasteiger partial charge in [0.15, 0.2) is 0 Å². The highest BCUT2D eigenvalue weighted by atomic mass is 16.1. The van der Waals surface area contributed by atoms with Gasteiger partial charge in [-0.25, -0.2) is 4.79 Å². The number of aryl methyl sites for hydroxylation is 1. The first-order valence-corrected chi connectivity index (χ1v) is 12.8. The number of tetrazole rings is 1. The number of hydrogen-bond acceptors (Lipinski definition) is 5. The van der Waals surface area contributed by atoms with Crippen molar-refractivity contribution in [2.24, 2.45) is 5.92 Å². The monoisotopic (exact) mass is 471 g/mol. The first-order valence-electron chi connectivity index (χ1n) is 12.8. The van der Waals surface area contributed by atoms with Crippen LogP contribution in [-0.2, 0) is 13.0 Å². The molecular formula is C27H33N7O. The summed E-state index contributed by atoms with van der Waals surface area (Å²) in [5.74, 6) is 1.18. The fourth-order valence-corrected chi connectivity index (χ4v) is 5.18. The highest BCUT2D eigenvalue weighted by molar-refractivity contribution is 5.79. The lowest BCUT2D eigenvalue weighted by Crippen LogP contribution is -2.36. The third kappa shape index (κ3) is 4.70. The molecule has 0 spiro atoms. The summed E-state index contributed by atoms with van der Waals surface area (Å²) >= 11 is 0. The molecule has 1 aliphatic rings. The van der Waals surface area contributed by atoms with Gasteiger partial charge in [0.25, 0.3) is 0 Å². The summed E-state index contributed by atoms with van der Waals surface area (Å²) in [6, 6.07) is 12.4. The van der Waals surface area contributed by atoms with Crippen LogP contribution >= 0.6 is 0 Å². The molecule has 3 heterocycles. The second-order valence-corrected chi connectivity index (χ2v) is 9.51. The summed E-state index contributed by atoms with van der Waals surface area (Å²) in [6.07, 6.45) is 11.8. The molecule has 1 saturated carbocycles. The van der Waals surface area contributed by atoms with Gasteiger partial charge in [0.1, 0.15) is 0 Å². The van der Waals surface area contributed by atoms with E-state index in [1.54, 1.807) is 0 Å². The average Bonchev–Trinajstić information content (AvgIpc) is 3.51. The Kier molecular flexibility index (Phi) is 6.88. The quantitative estimate of drug-likeness (QED) is 0.350. The Morgan fingerprint density at radius 3 is 2.57 bits per heavy atom. The number of H-pyrrole nitrogens is 1. The van der Waals surface area contributed by atoms with Crippen molar-refractivity contribution in [3.8, 4) is 22.5 Å². The standard InChI is InChI=1S/C27H33N7O/c1-3-5-9-22-18-34(25-15-13-19(25)8-4-2)27(35)33(22)17-21-14-12-20(16-28-21)23-10-6-7-11-24(23)26-29-31-32-30-26/h6-7,10-12,14,16,18-19,25H,3-5,8-9,13,15,17H2,1-2H3,(H,29,30,31,32). The molecule has 1 aromatic carbocycles. The van der Waals surface area contributed by atoms with Crippen LogP contribution in [0.15, 0.2) is 53.6 Å². The van der Waals surface area contributed by atoms with Crippen molar-refractivity contribution in [1.82, 2.24) is 34.7 Å². The second kappa shape index (κ2) is 10.4. The molecule has 0 amide bonds. The van der Waals surface area contributed by atoms with Crippen molar-refractivity contribution in [3.63, 3.8) is 0 Å². The van der Waals surface area contributed by atoms with Crippen LogP contribution in [0.4, 0.5) is 0 Å². The third-order valence-corrected chi connectivity index (χ3v) is 7.24. The maximum Gasteiger partial charge on any atom is 0.328 e. The molecule has 2 atom stereocenters. The molecule has 2 unspecified atom stereocenters. The van der Waals surface area contributed by atoms with Crippen LogP contribution in [0.1, 0.15) is 69.8 Å². The van der Waals surface area contributed by atoms with Crippen LogP contribution in [0.3, 0.4) is 0 Å². The average molecular weight is 472 g/mol. The van der Waals surface area contributed by atoms with Crippen molar-refractivity contribution < 1.29 is 0 Å². The second-order valence-electron chi connectivity index (χ2n) is 9.51. The number of aromatic nitrogens is 7. The SMILES string of the molecule is CCCCc1cn(C2CCC2CCC)c(=O)n1Cc1ccc(-c2ccccc2-c2nn[nH]n2)cn1. The third-order valence-electron chi connectivity index (χ3n) is 7.24. The Hall–Kier alpha value is -3.55. The van der Waals surface area contributed by atoms with E-state index in [0.717, 1.165) is 53.8 Å². The molecule has 1 fully saturated rings. The fraction of sp³-hybridized carbons (Fsp3) is 0.444. The van der Waals surface area contributed by atoms with E-state index in [0.29, 0.717) is 24.3 Å². The lowest BCUT2D eigenvalue weighted by Gasteiger charge is -2.37. The molecule has 182 valence electrons. The first-order chi connectivity index (χ1) is 17.2. The van der Waals surface area contributed by atoms with Crippen LogP contribution in [-0.4, -0.2) is 34.7 Å². The maximum atomic E-state index is 13.5. The van der Waals surface area contributed by atoms with Gasteiger partial charge in [-0.1, -0.05) is 57.0 Å². The Morgan fingerprint density at radius 1 is 1.06 bits per heavy atom. The molecule has 8 nitrogen and oxygen atoms in total. The number of rotatable bonds is 10. The zero-order chi connectivity index (χ0) is 24.2. The van der Waals surface area contributed by atoms with Crippen LogP contribution in [0, 0.1) is 5.92 Å². The summed E-state index contributed by atoms with van der Waals surface area (Å²) in [5.41, 5.74) is 4.96. The number of aromatic amines is 1. The number of nitrogens with one attached hydrogen (secondary N) is 1. The van der Waals surface area contributed by atoms with Gasteiger partial charge in [-0.05, 0) is 54.9 Å². The van der Waals surface area contributed by atoms with E-state index in [9.17, 15) is 4.79 Å². The van der Waals surface area contributed by atoms with Gasteiger partial charge in [-0.3, -0.25) is 14.1 Å². The van der Waals surface area contributed by atoms with Gasteiger partial charge < -0.3 is 0 Å². The molecule has 1 aliphatic carbocycles. The van der Waals surface area contributed by atoms with Gasteiger partial charge in [0.05, 0.1) is 12.2 Å². The molecule has 35 heavy (non-hydrogen) atoms. The Morgan fingerprint density at radius 2 is 1.91 bits per heavy atom. The van der Waals surface area contributed by atoms with Crippen molar-refractivity contribution in [2.75, 3.05) is 0 Å². The van der Waals surface area contributed by atoms with Crippen molar-refractivity contribution in [2.45, 2.75) is 71.4 Å². The zero-order valence-corrected chi connectivity index (χ0v) is 20.5. The predicted octanol–water partition coefficient (Wildman–Crippen LogP) is 5.03. The summed E-state index contributed by atoms with van der Waals surface area (Å²) < 4.78 is 3.95. The van der Waals surface area contributed by atoms with Crippen LogP contribution in [0.5, 0.6) is 0 Å². The fourth-order valence-electron chi connectivity index (χ4n) is 5.18. The smallest absolute Gasteiger partial charge is 0.296 e. The van der Waals surface area contributed by atoms with Crippen molar-refractivity contribution >= 4 is 0 Å². The molecule has 5 rings (SSSR count). The van der Waals surface area contributed by atoms with Gasteiger partial charge in [0.2, 0.25) is 5.82 Å². The molecule has 0 bridgehead atoms. The van der Waals surface area contributed by atoms with E-state index >= 15 is 0 Å². The van der Waals surface area contributed by atoms with E-state index in [-0.39, 0.29) is 5.69 Å². The summed E-state index contributed by atoms with van der Waals surface area (Å²) in [6.45, 7) is 4.91. The topological polar surface area (TPSA) is 94.3 Å². The van der Waals surface area contributed by atoms with Gasteiger partial charge in [0, 0.05) is 35.3 Å². The van der Waals surface area contributed by atoms with Crippen LogP contribution in [0.2, 0.25) is 0 Å². The molecule has 0 aliphatic heterocycles. The van der Waals surface area contributed by atoms with E-state index in [1.165, 1.54) is 19.3 Å². The molecule has 3 aromatic heterocycles. The van der Waals surface area contributed by atoms with E-state index < -0.39 is 0 Å². The molecule has 1 N–H and O–H groups in total. The molecule has 4 aromatic rings. The van der Waals surface area contributed by atoms with Gasteiger partial charge in [-0.15, -0.1) is 10.2 Å². The predicted molar refractivity (Wildman–Crippen MR) is 136 cm³/mol. The minimum absolute atomic E-state index is 0.107. The number of hydrogen-bond donors (Lipinski definition) is 1. The minimum atomic E-state index is 0.107. The Balaban J connectivity index is 1.41. The minimum Gasteiger partial charge on any atom is -0.296 e. The number of unbranched alkanes of at least 4 members (excludes halogenated alkanes) is 1. The van der Waals surface area contributed by atoms with Gasteiger partial charge >= 0.3 is 5.69 Å². The van der Waals surface area contributed by atoms with Crippen LogP contribution < -0.4 is 5.69 Å². The number of benzene rings is 1. The summed E-state index contributed by atoms with van der Waals surface area (Å²) in [5, 5.41) is 14.5. The number of imidazole rings is 1. The largest absolute Gasteiger partial charge is 0.328 e. The highest BCUT2D eigenvalue weighted by Crippen LogP contribution is 2.41. The lowest BCUT2D eigenvalue weighted by molar-refractivity contribution is 0.164. The number of nitrogens with zero attached hydrogens (tertiary/aromatic N) is 6. The molecular weight excluding hydrogens is 438 g/mol. The highest BCUT2D eigenvalue weighted by Gasteiger charge is 2.33. The Bertz CT molecular complexity index is 1300. The van der Waals surface area contributed by atoms with E-state index in [1.807, 2.05) is 45.7 Å². The molecule has 0 saturated heterocycles. The molecule has 8 heteroatoms. The van der Waals surface area contributed by atoms with E-state index in [4.69, 9.17) is 4.98 Å². The first kappa shape index (κ1) is 23.2. The normalized spacial score (nSPS) is 17.4.